The van der Waals surface area contributed by atoms with Gasteiger partial charge >= 0.3 is 6.03 Å². The number of urea groups is 1. The van der Waals surface area contributed by atoms with Crippen molar-refractivity contribution in [3.63, 3.8) is 0 Å². The lowest BCUT2D eigenvalue weighted by atomic mass is 10.1. The van der Waals surface area contributed by atoms with Crippen molar-refractivity contribution < 1.29 is 14.1 Å². The highest BCUT2D eigenvalue weighted by Gasteiger charge is 2.18. The summed E-state index contributed by atoms with van der Waals surface area (Å²) in [5, 5.41) is 7.28. The summed E-state index contributed by atoms with van der Waals surface area (Å²) >= 11 is 5.84. The molecule has 2 amide bonds. The molecule has 21 heavy (non-hydrogen) atoms. The molecule has 3 rings (SSSR count). The number of nitrogens with one attached hydrogen (secondary N) is 1. The standard InChI is InChI=1S/C14H14ClN3O3/c15-11-3-1-10(2-4-11)12-9-13(21-17-12)16-14(19)18-5-7-20-8-6-18/h1-4,9H,5-8H2,(H,16,19). The molecular weight excluding hydrogens is 294 g/mol. The fourth-order valence-electron chi connectivity index (χ4n) is 2.04. The Bertz CT molecular complexity index is 621. The van der Waals surface area contributed by atoms with Crippen molar-refractivity contribution in [3.8, 4) is 11.3 Å². The average molecular weight is 308 g/mol. The molecule has 2 heterocycles. The van der Waals surface area contributed by atoms with Crippen LogP contribution in [0.5, 0.6) is 0 Å². The first-order valence-electron chi connectivity index (χ1n) is 6.59. The Morgan fingerprint density at radius 2 is 1.95 bits per heavy atom. The number of rotatable bonds is 2. The number of aromatic nitrogens is 1. The number of halogens is 1. The summed E-state index contributed by atoms with van der Waals surface area (Å²) < 4.78 is 10.3. The van der Waals surface area contributed by atoms with Crippen molar-refractivity contribution >= 4 is 23.5 Å². The molecule has 0 aliphatic carbocycles. The fraction of sp³-hybridized carbons (Fsp3) is 0.286. The number of carbonyl (C=O) groups is 1. The van der Waals surface area contributed by atoms with Crippen LogP contribution in [-0.4, -0.2) is 42.4 Å². The zero-order valence-corrected chi connectivity index (χ0v) is 12.0. The Labute approximate surface area is 126 Å². The van der Waals surface area contributed by atoms with Gasteiger partial charge in [0.1, 0.15) is 5.69 Å². The van der Waals surface area contributed by atoms with Crippen LogP contribution in [0.4, 0.5) is 10.7 Å². The van der Waals surface area contributed by atoms with Gasteiger partial charge in [-0.05, 0) is 12.1 Å². The number of ether oxygens (including phenoxy) is 1. The number of nitrogens with zero attached hydrogens (tertiary/aromatic N) is 2. The molecule has 0 spiro atoms. The van der Waals surface area contributed by atoms with E-state index < -0.39 is 0 Å². The predicted molar refractivity (Wildman–Crippen MR) is 78.4 cm³/mol. The molecule has 1 N–H and O–H groups in total. The van der Waals surface area contributed by atoms with Crippen molar-refractivity contribution in [1.29, 1.82) is 0 Å². The van der Waals surface area contributed by atoms with E-state index in [-0.39, 0.29) is 6.03 Å². The summed E-state index contributed by atoms with van der Waals surface area (Å²) in [6.07, 6.45) is 0. The first kappa shape index (κ1) is 13.9. The molecule has 6 nitrogen and oxygen atoms in total. The summed E-state index contributed by atoms with van der Waals surface area (Å²) in [6.45, 7) is 2.26. The number of hydrogen-bond donors (Lipinski definition) is 1. The van der Waals surface area contributed by atoms with Gasteiger partial charge < -0.3 is 14.2 Å². The van der Waals surface area contributed by atoms with E-state index in [1.54, 1.807) is 23.1 Å². The lowest BCUT2D eigenvalue weighted by Gasteiger charge is -2.26. The van der Waals surface area contributed by atoms with Crippen LogP contribution in [0.15, 0.2) is 34.9 Å². The Hall–Kier alpha value is -2.05. The molecule has 1 aliphatic heterocycles. The molecule has 110 valence electrons. The quantitative estimate of drug-likeness (QED) is 0.926. The van der Waals surface area contributed by atoms with Gasteiger partial charge in [-0.1, -0.05) is 28.9 Å². The van der Waals surface area contributed by atoms with E-state index in [1.165, 1.54) is 0 Å². The van der Waals surface area contributed by atoms with Gasteiger partial charge in [-0.3, -0.25) is 5.32 Å². The molecule has 0 atom stereocenters. The number of amides is 2. The lowest BCUT2D eigenvalue weighted by Crippen LogP contribution is -2.43. The minimum absolute atomic E-state index is 0.211. The fourth-order valence-corrected chi connectivity index (χ4v) is 2.17. The van der Waals surface area contributed by atoms with Crippen LogP contribution in [0, 0.1) is 0 Å². The maximum Gasteiger partial charge on any atom is 0.324 e. The Morgan fingerprint density at radius 1 is 1.24 bits per heavy atom. The van der Waals surface area contributed by atoms with Gasteiger partial charge in [0.05, 0.1) is 13.2 Å². The molecule has 0 radical (unpaired) electrons. The van der Waals surface area contributed by atoms with Gasteiger partial charge in [0.25, 0.3) is 0 Å². The van der Waals surface area contributed by atoms with E-state index in [1.807, 2.05) is 12.1 Å². The SMILES string of the molecule is O=C(Nc1cc(-c2ccc(Cl)cc2)no1)N1CCOCC1. The second kappa shape index (κ2) is 6.15. The molecule has 1 aromatic heterocycles. The van der Waals surface area contributed by atoms with Crippen LogP contribution in [-0.2, 0) is 4.74 Å². The summed E-state index contributed by atoms with van der Waals surface area (Å²) in [5.41, 5.74) is 1.51. The molecule has 0 saturated carbocycles. The van der Waals surface area contributed by atoms with Crippen LogP contribution in [0.2, 0.25) is 5.02 Å². The van der Waals surface area contributed by atoms with Crippen LogP contribution in [0.25, 0.3) is 11.3 Å². The molecular formula is C14H14ClN3O3. The monoisotopic (exact) mass is 307 g/mol. The molecule has 1 fully saturated rings. The largest absolute Gasteiger partial charge is 0.378 e. The molecule has 2 aromatic rings. The van der Waals surface area contributed by atoms with E-state index in [2.05, 4.69) is 10.5 Å². The average Bonchev–Trinajstić information content (AvgIpc) is 2.97. The minimum atomic E-state index is -0.211. The van der Waals surface area contributed by atoms with Crippen molar-refractivity contribution in [3.05, 3.63) is 35.4 Å². The maximum absolute atomic E-state index is 12.0. The third-order valence-electron chi connectivity index (χ3n) is 3.18. The first-order valence-corrected chi connectivity index (χ1v) is 6.96. The molecule has 1 aliphatic rings. The van der Waals surface area contributed by atoms with E-state index in [4.69, 9.17) is 20.9 Å². The van der Waals surface area contributed by atoms with Crippen molar-refractivity contribution in [2.75, 3.05) is 31.6 Å². The van der Waals surface area contributed by atoms with Crippen molar-refractivity contribution in [1.82, 2.24) is 10.1 Å². The summed E-state index contributed by atoms with van der Waals surface area (Å²) in [7, 11) is 0. The maximum atomic E-state index is 12.0. The topological polar surface area (TPSA) is 67.6 Å². The van der Waals surface area contributed by atoms with E-state index in [0.717, 1.165) is 5.56 Å². The van der Waals surface area contributed by atoms with Gasteiger partial charge in [0.2, 0.25) is 5.88 Å². The van der Waals surface area contributed by atoms with Gasteiger partial charge in [-0.15, -0.1) is 0 Å². The second-order valence-electron chi connectivity index (χ2n) is 4.61. The Balaban J connectivity index is 1.67. The van der Waals surface area contributed by atoms with E-state index >= 15 is 0 Å². The summed E-state index contributed by atoms with van der Waals surface area (Å²) in [4.78, 5) is 13.7. The van der Waals surface area contributed by atoms with Crippen LogP contribution in [0.3, 0.4) is 0 Å². The highest BCUT2D eigenvalue weighted by molar-refractivity contribution is 6.30. The highest BCUT2D eigenvalue weighted by Crippen LogP contribution is 2.23. The third kappa shape index (κ3) is 3.34. The van der Waals surface area contributed by atoms with Crippen molar-refractivity contribution in [2.24, 2.45) is 0 Å². The van der Waals surface area contributed by atoms with Gasteiger partial charge in [-0.25, -0.2) is 4.79 Å². The number of morpholine rings is 1. The van der Waals surface area contributed by atoms with E-state index in [0.29, 0.717) is 42.9 Å². The van der Waals surface area contributed by atoms with Crippen LogP contribution in [0.1, 0.15) is 0 Å². The van der Waals surface area contributed by atoms with Crippen molar-refractivity contribution in [2.45, 2.75) is 0 Å². The smallest absolute Gasteiger partial charge is 0.324 e. The van der Waals surface area contributed by atoms with Gasteiger partial charge in [-0.2, -0.15) is 0 Å². The predicted octanol–water partition coefficient (Wildman–Crippen LogP) is 2.86. The van der Waals surface area contributed by atoms with Crippen LogP contribution < -0.4 is 5.32 Å². The zero-order chi connectivity index (χ0) is 14.7. The minimum Gasteiger partial charge on any atom is -0.378 e. The van der Waals surface area contributed by atoms with Gasteiger partial charge in [0, 0.05) is 29.7 Å². The summed E-state index contributed by atoms with van der Waals surface area (Å²) in [6, 6.07) is 8.70. The first-order chi connectivity index (χ1) is 10.2. The van der Waals surface area contributed by atoms with Crippen LogP contribution >= 0.6 is 11.6 Å². The molecule has 0 bridgehead atoms. The third-order valence-corrected chi connectivity index (χ3v) is 3.43. The molecule has 7 heteroatoms. The lowest BCUT2D eigenvalue weighted by molar-refractivity contribution is 0.0563. The summed E-state index contributed by atoms with van der Waals surface area (Å²) in [5.74, 6) is 0.316. The molecule has 1 aromatic carbocycles. The number of hydrogen-bond acceptors (Lipinski definition) is 4. The number of anilines is 1. The number of benzene rings is 1. The Morgan fingerprint density at radius 3 is 2.67 bits per heavy atom. The highest BCUT2D eigenvalue weighted by atomic mass is 35.5. The number of carbonyl (C=O) groups excluding carboxylic acids is 1. The molecule has 0 unspecified atom stereocenters. The Kier molecular flexibility index (Phi) is 4.08. The zero-order valence-electron chi connectivity index (χ0n) is 11.2. The second-order valence-corrected chi connectivity index (χ2v) is 5.05. The van der Waals surface area contributed by atoms with E-state index in [9.17, 15) is 4.79 Å². The molecule has 1 saturated heterocycles. The van der Waals surface area contributed by atoms with Gasteiger partial charge in [0.15, 0.2) is 0 Å². The normalized spacial score (nSPS) is 15.0.